The van der Waals surface area contributed by atoms with Crippen LogP contribution in [-0.4, -0.2) is 34.6 Å². The van der Waals surface area contributed by atoms with E-state index in [2.05, 4.69) is 10.4 Å². The van der Waals surface area contributed by atoms with Crippen LogP contribution in [0, 0.1) is 10.1 Å². The molecule has 1 N–H and O–H groups in total. The molecule has 1 aliphatic rings. The molecule has 0 saturated heterocycles. The Kier molecular flexibility index (Phi) is 6.79. The number of halogens is 1. The Morgan fingerprint density at radius 1 is 1.14 bits per heavy atom. The zero-order valence-corrected chi connectivity index (χ0v) is 19.7. The summed E-state index contributed by atoms with van der Waals surface area (Å²) in [6, 6.07) is 17.5. The van der Waals surface area contributed by atoms with Gasteiger partial charge >= 0.3 is 0 Å². The normalized spacial score (nSPS) is 14.9. The predicted octanol–water partition coefficient (Wildman–Crippen LogP) is 5.21. The van der Waals surface area contributed by atoms with Crippen molar-refractivity contribution < 1.29 is 19.2 Å². The Bertz CT molecular complexity index is 1340. The van der Waals surface area contributed by atoms with Crippen molar-refractivity contribution in [1.29, 1.82) is 0 Å². The van der Waals surface area contributed by atoms with E-state index in [9.17, 15) is 19.7 Å². The molecule has 0 saturated carbocycles. The van der Waals surface area contributed by atoms with Crippen LogP contribution in [0.2, 0.25) is 5.02 Å². The van der Waals surface area contributed by atoms with Crippen LogP contribution < -0.4 is 10.1 Å². The van der Waals surface area contributed by atoms with Crippen molar-refractivity contribution in [3.63, 3.8) is 0 Å². The fourth-order valence-corrected chi connectivity index (χ4v) is 4.13. The summed E-state index contributed by atoms with van der Waals surface area (Å²) in [4.78, 5) is 36.0. The molecule has 178 valence electrons. The number of hydrogen-bond donors (Lipinski definition) is 1. The Morgan fingerprint density at radius 3 is 2.51 bits per heavy atom. The number of hydrazone groups is 1. The minimum Gasteiger partial charge on any atom is -0.496 e. The lowest BCUT2D eigenvalue weighted by molar-refractivity contribution is -0.385. The fraction of sp³-hybridized carbons (Fsp3) is 0.160. The molecule has 3 aromatic rings. The lowest BCUT2D eigenvalue weighted by Crippen LogP contribution is -2.24. The molecular weight excluding hydrogens is 472 g/mol. The summed E-state index contributed by atoms with van der Waals surface area (Å²) in [5.41, 5.74) is 2.54. The first-order chi connectivity index (χ1) is 16.8. The van der Waals surface area contributed by atoms with Crippen molar-refractivity contribution in [1.82, 2.24) is 5.01 Å². The second-order valence-corrected chi connectivity index (χ2v) is 8.26. The zero-order valence-electron chi connectivity index (χ0n) is 18.9. The highest BCUT2D eigenvalue weighted by molar-refractivity contribution is 6.31. The van der Waals surface area contributed by atoms with Crippen LogP contribution in [0.3, 0.4) is 0 Å². The van der Waals surface area contributed by atoms with E-state index in [0.29, 0.717) is 39.7 Å². The lowest BCUT2D eigenvalue weighted by Gasteiger charge is -2.20. The van der Waals surface area contributed by atoms with E-state index in [-0.39, 0.29) is 17.5 Å². The number of ether oxygens (including phenoxy) is 1. The van der Waals surface area contributed by atoms with E-state index in [1.165, 1.54) is 31.2 Å². The third-order valence-electron chi connectivity index (χ3n) is 5.61. The van der Waals surface area contributed by atoms with Crippen LogP contribution in [-0.2, 0) is 4.79 Å². The molecular formula is C25H21ClN4O5. The molecule has 4 rings (SSSR count). The number of rotatable bonds is 6. The van der Waals surface area contributed by atoms with Gasteiger partial charge in [-0.05, 0) is 42.0 Å². The summed E-state index contributed by atoms with van der Waals surface area (Å²) >= 11 is 6.02. The van der Waals surface area contributed by atoms with Crippen molar-refractivity contribution in [3.8, 4) is 5.75 Å². The van der Waals surface area contributed by atoms with Gasteiger partial charge in [-0.25, -0.2) is 5.01 Å². The third kappa shape index (κ3) is 4.99. The predicted molar refractivity (Wildman–Crippen MR) is 132 cm³/mol. The van der Waals surface area contributed by atoms with Gasteiger partial charge in [-0.3, -0.25) is 19.7 Å². The zero-order chi connectivity index (χ0) is 25.1. The van der Waals surface area contributed by atoms with Gasteiger partial charge in [0.25, 0.3) is 11.6 Å². The number of benzene rings is 3. The maximum absolute atomic E-state index is 12.7. The Morgan fingerprint density at radius 2 is 1.86 bits per heavy atom. The van der Waals surface area contributed by atoms with E-state index in [0.717, 1.165) is 5.56 Å². The van der Waals surface area contributed by atoms with Gasteiger partial charge in [0.15, 0.2) is 0 Å². The van der Waals surface area contributed by atoms with Crippen molar-refractivity contribution >= 4 is 40.5 Å². The van der Waals surface area contributed by atoms with Crippen molar-refractivity contribution in [3.05, 3.63) is 98.6 Å². The molecule has 35 heavy (non-hydrogen) atoms. The van der Waals surface area contributed by atoms with Crippen LogP contribution in [0.1, 0.15) is 40.9 Å². The summed E-state index contributed by atoms with van der Waals surface area (Å²) in [6.07, 6.45) is 0.315. The Labute approximate surface area is 206 Å². The number of nitrogens with zero attached hydrogens (tertiary/aromatic N) is 3. The minimum atomic E-state index is -0.584. The van der Waals surface area contributed by atoms with Gasteiger partial charge in [0.1, 0.15) is 5.75 Å². The average Bonchev–Trinajstić information content (AvgIpc) is 3.30. The van der Waals surface area contributed by atoms with Gasteiger partial charge in [0.05, 0.1) is 34.9 Å². The number of anilines is 1. The molecule has 3 aromatic carbocycles. The first-order valence-electron chi connectivity index (χ1n) is 10.6. The topological polar surface area (TPSA) is 114 Å². The van der Waals surface area contributed by atoms with Gasteiger partial charge in [-0.15, -0.1) is 0 Å². The number of carbonyl (C=O) groups is 2. The highest BCUT2D eigenvalue weighted by Gasteiger charge is 2.35. The number of nitrogens with one attached hydrogen (secondary N) is 1. The molecule has 2 amide bonds. The summed E-state index contributed by atoms with van der Waals surface area (Å²) in [7, 11) is 1.47. The fourth-order valence-electron chi connectivity index (χ4n) is 3.95. The van der Waals surface area contributed by atoms with Gasteiger partial charge in [0, 0.05) is 30.1 Å². The van der Waals surface area contributed by atoms with Crippen LogP contribution >= 0.6 is 11.6 Å². The number of hydrogen-bond acceptors (Lipinski definition) is 6. The molecule has 1 unspecified atom stereocenters. The highest BCUT2D eigenvalue weighted by Crippen LogP contribution is 2.37. The summed E-state index contributed by atoms with van der Waals surface area (Å²) in [5.74, 6) is -0.300. The standard InChI is InChI=1S/C25H21ClN4O5/c1-15(31)29-23(19-5-3-4-6-22(19)30(33)34)14-21(28-29)16-7-10-18(11-8-16)27-25(32)20-13-17(26)9-12-24(20)35-2/h3-13,23H,14H2,1-2H3,(H,27,32). The first kappa shape index (κ1) is 23.9. The number of para-hydroxylation sites is 1. The monoisotopic (exact) mass is 492 g/mol. The van der Waals surface area contributed by atoms with E-state index >= 15 is 0 Å². The van der Waals surface area contributed by atoms with Gasteiger partial charge in [0.2, 0.25) is 5.91 Å². The molecule has 0 fully saturated rings. The van der Waals surface area contributed by atoms with Crippen LogP contribution in [0.25, 0.3) is 0 Å². The molecule has 9 nitrogen and oxygen atoms in total. The van der Waals surface area contributed by atoms with Crippen LogP contribution in [0.15, 0.2) is 71.8 Å². The van der Waals surface area contributed by atoms with Crippen LogP contribution in [0.5, 0.6) is 5.75 Å². The molecule has 0 radical (unpaired) electrons. The van der Waals surface area contributed by atoms with Gasteiger partial charge in [-0.2, -0.15) is 5.10 Å². The maximum Gasteiger partial charge on any atom is 0.274 e. The number of methoxy groups -OCH3 is 1. The Balaban J connectivity index is 1.55. The number of nitro groups is 1. The Hall–Kier alpha value is -4.24. The van der Waals surface area contributed by atoms with E-state index in [1.807, 2.05) is 0 Å². The van der Waals surface area contributed by atoms with E-state index < -0.39 is 11.0 Å². The van der Waals surface area contributed by atoms with E-state index in [4.69, 9.17) is 16.3 Å². The second-order valence-electron chi connectivity index (χ2n) is 7.82. The average molecular weight is 493 g/mol. The smallest absolute Gasteiger partial charge is 0.274 e. The molecule has 0 aromatic heterocycles. The molecule has 0 aliphatic carbocycles. The first-order valence-corrected chi connectivity index (χ1v) is 11.0. The van der Waals surface area contributed by atoms with Gasteiger partial charge in [-0.1, -0.05) is 35.9 Å². The number of amides is 2. The summed E-state index contributed by atoms with van der Waals surface area (Å²) in [6.45, 7) is 1.37. The third-order valence-corrected chi connectivity index (χ3v) is 5.84. The highest BCUT2D eigenvalue weighted by atomic mass is 35.5. The second kappa shape index (κ2) is 9.94. The quantitative estimate of drug-likeness (QED) is 0.375. The van der Waals surface area contributed by atoms with Crippen molar-refractivity contribution in [2.45, 2.75) is 19.4 Å². The van der Waals surface area contributed by atoms with Gasteiger partial charge < -0.3 is 10.1 Å². The maximum atomic E-state index is 12.7. The number of carbonyl (C=O) groups excluding carboxylic acids is 2. The molecule has 1 atom stereocenters. The molecule has 10 heteroatoms. The molecule has 0 spiro atoms. The summed E-state index contributed by atoms with van der Waals surface area (Å²) < 4.78 is 5.24. The van der Waals surface area contributed by atoms with Crippen molar-refractivity contribution in [2.75, 3.05) is 12.4 Å². The number of nitro benzene ring substituents is 1. The van der Waals surface area contributed by atoms with Crippen LogP contribution in [0.4, 0.5) is 11.4 Å². The lowest BCUT2D eigenvalue weighted by atomic mass is 9.97. The summed E-state index contributed by atoms with van der Waals surface area (Å²) in [5, 5.41) is 20.4. The minimum absolute atomic E-state index is 0.0605. The molecule has 0 bridgehead atoms. The molecule has 1 aliphatic heterocycles. The molecule has 1 heterocycles. The largest absolute Gasteiger partial charge is 0.496 e. The van der Waals surface area contributed by atoms with E-state index in [1.54, 1.807) is 54.6 Å². The van der Waals surface area contributed by atoms with Crippen molar-refractivity contribution in [2.24, 2.45) is 5.10 Å². The SMILES string of the molecule is COc1ccc(Cl)cc1C(=O)Nc1ccc(C2=NN(C(C)=O)C(c3ccccc3[N+](=O)[O-])C2)cc1.